The molecule has 41 heavy (non-hydrogen) atoms. The molecule has 0 spiro atoms. The molecule has 1 atom stereocenters. The summed E-state index contributed by atoms with van der Waals surface area (Å²) in [7, 11) is 3.14. The van der Waals surface area contributed by atoms with E-state index in [2.05, 4.69) is 6.07 Å². The number of rotatable bonds is 8. The number of hydrogen-bond donors (Lipinski definition) is 0. The predicted molar refractivity (Wildman–Crippen MR) is 159 cm³/mol. The molecule has 2 aromatic carbocycles. The maximum absolute atomic E-state index is 14.2. The van der Waals surface area contributed by atoms with Crippen molar-refractivity contribution in [3.05, 3.63) is 90.7 Å². The summed E-state index contributed by atoms with van der Waals surface area (Å²) in [6.07, 6.45) is 3.72. The molecule has 0 radical (unpaired) electrons. The third-order valence-corrected chi connectivity index (χ3v) is 8.36. The van der Waals surface area contributed by atoms with E-state index in [1.807, 2.05) is 67.9 Å². The SMILES string of the molecule is CCN(CC)C(=O)C1=C(C)N=c2s/c(=C/c3cn(CC#N)c4ccccc34)c(=O)n2[C@H]1c1cc(OC)ccc1OC. The standard InChI is InChI=1S/C31H31N5O4S/c1-6-34(7-2)30(38)27-19(3)33-31-36(28(27)23-17-21(39-4)12-13-25(23)40-5)29(37)26(41-31)16-20-18-35(15-14-32)24-11-9-8-10-22(20)24/h8-13,16-18,28H,6-7,15H2,1-5H3/b26-16+/t28-/m0/s1. The average molecular weight is 570 g/mol. The molecule has 1 aliphatic heterocycles. The lowest BCUT2D eigenvalue weighted by Gasteiger charge is -2.30. The second kappa shape index (κ2) is 11.5. The van der Waals surface area contributed by atoms with E-state index in [4.69, 9.17) is 14.5 Å². The maximum atomic E-state index is 14.2. The van der Waals surface area contributed by atoms with E-state index >= 15 is 0 Å². The largest absolute Gasteiger partial charge is 0.497 e. The van der Waals surface area contributed by atoms with Crippen LogP contribution in [0.5, 0.6) is 11.5 Å². The molecule has 10 heteroatoms. The van der Waals surface area contributed by atoms with Crippen LogP contribution in [0.1, 0.15) is 37.9 Å². The number of carbonyl (C=O) groups excluding carboxylic acids is 1. The molecule has 0 saturated carbocycles. The Hall–Kier alpha value is -4.62. The normalized spacial score (nSPS) is 14.9. The van der Waals surface area contributed by atoms with E-state index < -0.39 is 6.04 Å². The Balaban J connectivity index is 1.79. The maximum Gasteiger partial charge on any atom is 0.271 e. The van der Waals surface area contributed by atoms with E-state index in [9.17, 15) is 14.9 Å². The zero-order valence-electron chi connectivity index (χ0n) is 23.7. The van der Waals surface area contributed by atoms with Gasteiger partial charge in [-0.1, -0.05) is 29.5 Å². The van der Waals surface area contributed by atoms with Crippen LogP contribution >= 0.6 is 11.3 Å². The number of likely N-dealkylation sites (N-methyl/N-ethyl adjacent to an activating group) is 1. The van der Waals surface area contributed by atoms with Crippen molar-refractivity contribution >= 4 is 34.2 Å². The van der Waals surface area contributed by atoms with Crippen LogP contribution in [0.3, 0.4) is 0 Å². The van der Waals surface area contributed by atoms with Crippen LogP contribution in [0.4, 0.5) is 0 Å². The van der Waals surface area contributed by atoms with Crippen LogP contribution < -0.4 is 24.4 Å². The second-order valence-electron chi connectivity index (χ2n) is 9.55. The predicted octanol–water partition coefficient (Wildman–Crippen LogP) is 3.60. The fourth-order valence-electron chi connectivity index (χ4n) is 5.36. The summed E-state index contributed by atoms with van der Waals surface area (Å²) < 4.78 is 15.2. The van der Waals surface area contributed by atoms with E-state index in [-0.39, 0.29) is 18.0 Å². The third kappa shape index (κ3) is 4.83. The molecule has 3 heterocycles. The highest BCUT2D eigenvalue weighted by molar-refractivity contribution is 7.07. The Morgan fingerprint density at radius 2 is 1.93 bits per heavy atom. The zero-order chi connectivity index (χ0) is 29.3. The van der Waals surface area contributed by atoms with Crippen molar-refractivity contribution in [2.45, 2.75) is 33.4 Å². The Morgan fingerprint density at radius 1 is 1.17 bits per heavy atom. The minimum Gasteiger partial charge on any atom is -0.497 e. The topological polar surface area (TPSA) is 102 Å². The summed E-state index contributed by atoms with van der Waals surface area (Å²) in [5, 5.41) is 10.3. The molecule has 0 fully saturated rings. The van der Waals surface area contributed by atoms with Crippen molar-refractivity contribution in [1.82, 2.24) is 14.0 Å². The van der Waals surface area contributed by atoms with Crippen molar-refractivity contribution in [3.63, 3.8) is 0 Å². The van der Waals surface area contributed by atoms with Crippen LogP contribution in [0, 0.1) is 11.3 Å². The lowest BCUT2D eigenvalue weighted by Crippen LogP contribution is -2.43. The van der Waals surface area contributed by atoms with Crippen molar-refractivity contribution in [2.24, 2.45) is 4.99 Å². The lowest BCUT2D eigenvalue weighted by atomic mass is 9.93. The Labute approximate surface area is 241 Å². The number of para-hydroxylation sites is 1. The first-order chi connectivity index (χ1) is 19.9. The fourth-order valence-corrected chi connectivity index (χ4v) is 6.40. The van der Waals surface area contributed by atoms with Crippen LogP contribution in [0.15, 0.2) is 69.7 Å². The molecular weight excluding hydrogens is 538 g/mol. The summed E-state index contributed by atoms with van der Waals surface area (Å²) in [6, 6.07) is 14.6. The number of hydrogen-bond acceptors (Lipinski definition) is 7. The molecule has 4 aromatic rings. The smallest absolute Gasteiger partial charge is 0.271 e. The molecule has 0 saturated heterocycles. The number of carbonyl (C=O) groups is 1. The first-order valence-electron chi connectivity index (χ1n) is 13.3. The lowest BCUT2D eigenvalue weighted by molar-refractivity contribution is -0.127. The number of nitriles is 1. The van der Waals surface area contributed by atoms with Gasteiger partial charge >= 0.3 is 0 Å². The van der Waals surface area contributed by atoms with E-state index in [0.29, 0.717) is 50.8 Å². The molecule has 0 N–H and O–H groups in total. The molecule has 2 aromatic heterocycles. The molecule has 0 bridgehead atoms. The molecule has 0 aliphatic carbocycles. The van der Waals surface area contributed by atoms with E-state index in [1.54, 1.807) is 35.8 Å². The van der Waals surface area contributed by atoms with Gasteiger partial charge in [0.1, 0.15) is 24.1 Å². The van der Waals surface area contributed by atoms with Crippen LogP contribution in [-0.4, -0.2) is 47.3 Å². The molecule has 210 valence electrons. The van der Waals surface area contributed by atoms with Crippen LogP contribution in [0.2, 0.25) is 0 Å². The number of fused-ring (bicyclic) bond motifs is 2. The van der Waals surface area contributed by atoms with Gasteiger partial charge < -0.3 is 18.9 Å². The number of methoxy groups -OCH3 is 2. The first-order valence-corrected chi connectivity index (χ1v) is 14.2. The number of thiazole rings is 1. The molecule has 0 unspecified atom stereocenters. The Morgan fingerprint density at radius 3 is 2.61 bits per heavy atom. The quantitative estimate of drug-likeness (QED) is 0.323. The van der Waals surface area contributed by atoms with Crippen molar-refractivity contribution in [3.8, 4) is 17.6 Å². The summed E-state index contributed by atoms with van der Waals surface area (Å²) in [5.74, 6) is 0.932. The van der Waals surface area contributed by atoms with Gasteiger partial charge in [-0.3, -0.25) is 14.2 Å². The molecule has 5 rings (SSSR count). The Bertz CT molecular complexity index is 1900. The van der Waals surface area contributed by atoms with Gasteiger partial charge in [0.15, 0.2) is 4.80 Å². The highest BCUT2D eigenvalue weighted by Gasteiger charge is 2.36. The van der Waals surface area contributed by atoms with Gasteiger partial charge in [0, 0.05) is 41.3 Å². The first kappa shape index (κ1) is 27.9. The fraction of sp³-hybridized carbons (Fsp3) is 0.290. The highest BCUT2D eigenvalue weighted by Crippen LogP contribution is 2.38. The summed E-state index contributed by atoms with van der Waals surface area (Å²) in [5.41, 5.74) is 3.08. The summed E-state index contributed by atoms with van der Waals surface area (Å²) >= 11 is 1.27. The van der Waals surface area contributed by atoms with Gasteiger partial charge in [0.05, 0.1) is 36.1 Å². The van der Waals surface area contributed by atoms with Crippen molar-refractivity contribution in [1.29, 1.82) is 5.26 Å². The monoisotopic (exact) mass is 569 g/mol. The average Bonchev–Trinajstić information content (AvgIpc) is 3.49. The minimum absolute atomic E-state index is 0.181. The third-order valence-electron chi connectivity index (χ3n) is 7.38. The zero-order valence-corrected chi connectivity index (χ0v) is 24.5. The molecular formula is C31H31N5O4S. The number of benzene rings is 2. The van der Waals surface area contributed by atoms with Gasteiger partial charge in [-0.15, -0.1) is 0 Å². The number of ether oxygens (including phenoxy) is 2. The van der Waals surface area contributed by atoms with Crippen LogP contribution in [0.25, 0.3) is 17.0 Å². The molecule has 1 amide bonds. The van der Waals surface area contributed by atoms with Gasteiger partial charge in [-0.2, -0.15) is 5.26 Å². The van der Waals surface area contributed by atoms with Crippen molar-refractivity contribution < 1.29 is 14.3 Å². The van der Waals surface area contributed by atoms with E-state index in [1.165, 1.54) is 11.3 Å². The summed E-state index contributed by atoms with van der Waals surface area (Å²) in [4.78, 5) is 35.1. The number of aromatic nitrogens is 2. The Kier molecular flexibility index (Phi) is 7.81. The van der Waals surface area contributed by atoms with Crippen molar-refractivity contribution in [2.75, 3.05) is 27.3 Å². The van der Waals surface area contributed by atoms with Gasteiger partial charge in [-0.25, -0.2) is 4.99 Å². The summed E-state index contributed by atoms with van der Waals surface area (Å²) in [6.45, 7) is 6.90. The number of amides is 1. The molecule has 9 nitrogen and oxygen atoms in total. The number of nitrogens with zero attached hydrogens (tertiary/aromatic N) is 5. The van der Waals surface area contributed by atoms with Crippen LogP contribution in [-0.2, 0) is 11.3 Å². The van der Waals surface area contributed by atoms with Gasteiger partial charge in [-0.05, 0) is 51.1 Å². The molecule has 1 aliphatic rings. The highest BCUT2D eigenvalue weighted by atomic mass is 32.1. The number of allylic oxidation sites excluding steroid dienone is 1. The van der Waals surface area contributed by atoms with Gasteiger partial charge in [0.25, 0.3) is 11.5 Å². The van der Waals surface area contributed by atoms with Gasteiger partial charge in [0.2, 0.25) is 0 Å². The van der Waals surface area contributed by atoms with E-state index in [0.717, 1.165) is 16.5 Å². The second-order valence-corrected chi connectivity index (χ2v) is 10.6. The minimum atomic E-state index is -0.772.